The Hall–Kier alpha value is -1.08. The van der Waals surface area contributed by atoms with Gasteiger partial charge in [-0.1, -0.05) is 12.1 Å². The van der Waals surface area contributed by atoms with Gasteiger partial charge in [0.25, 0.3) is 0 Å². The Balaban J connectivity index is 0.00000289. The molecule has 1 unspecified atom stereocenters. The van der Waals surface area contributed by atoms with Gasteiger partial charge in [0, 0.05) is 6.04 Å². The molecule has 0 heterocycles. The molecular weight excluding hydrogens is 281 g/mol. The van der Waals surface area contributed by atoms with Crippen molar-refractivity contribution in [1.82, 2.24) is 0 Å². The Morgan fingerprint density at radius 3 is 1.83 bits per heavy atom. The summed E-state index contributed by atoms with van der Waals surface area (Å²) < 4.78 is 64.1. The first-order valence-electron chi connectivity index (χ1n) is 4.62. The fourth-order valence-corrected chi connectivity index (χ4v) is 1.05. The monoisotopic (exact) mass is 291 g/mol. The Morgan fingerprint density at radius 2 is 1.50 bits per heavy atom. The van der Waals surface area contributed by atoms with Gasteiger partial charge in [-0.2, -0.15) is 22.0 Å². The molecule has 2 nitrogen and oxygen atoms in total. The van der Waals surface area contributed by atoms with E-state index >= 15 is 0 Å². The van der Waals surface area contributed by atoms with E-state index in [1.165, 1.54) is 12.1 Å². The molecule has 0 aliphatic rings. The van der Waals surface area contributed by atoms with Gasteiger partial charge in [0.1, 0.15) is 5.75 Å². The standard InChI is InChI=1S/C10H10F5NO.ClH/c1-6(16)7-2-4-8(5-3-7)17-10(14,15)9(11,12)13;/h2-6H,16H2,1H3;1H. The van der Waals surface area contributed by atoms with Gasteiger partial charge in [-0.15, -0.1) is 12.4 Å². The molecule has 1 atom stereocenters. The van der Waals surface area contributed by atoms with Gasteiger partial charge in [0.2, 0.25) is 0 Å². The first kappa shape index (κ1) is 16.9. The van der Waals surface area contributed by atoms with E-state index in [9.17, 15) is 22.0 Å². The van der Waals surface area contributed by atoms with Gasteiger partial charge in [-0.05, 0) is 24.6 Å². The highest BCUT2D eigenvalue weighted by Crippen LogP contribution is 2.37. The minimum Gasteiger partial charge on any atom is -0.426 e. The number of nitrogens with two attached hydrogens (primary N) is 1. The molecule has 0 fully saturated rings. The van der Waals surface area contributed by atoms with Gasteiger partial charge < -0.3 is 10.5 Å². The summed E-state index contributed by atoms with van der Waals surface area (Å²) in [4.78, 5) is 0. The molecule has 0 saturated carbocycles. The number of hydrogen-bond acceptors (Lipinski definition) is 2. The number of halogens is 6. The molecule has 2 N–H and O–H groups in total. The molecule has 0 aliphatic carbocycles. The molecule has 104 valence electrons. The first-order chi connectivity index (χ1) is 7.63. The van der Waals surface area contributed by atoms with Crippen molar-refractivity contribution in [2.45, 2.75) is 25.3 Å². The molecule has 0 saturated heterocycles. The summed E-state index contributed by atoms with van der Waals surface area (Å²) in [6.07, 6.45) is -10.9. The van der Waals surface area contributed by atoms with Crippen molar-refractivity contribution in [3.05, 3.63) is 29.8 Å². The Morgan fingerprint density at radius 1 is 1.06 bits per heavy atom. The van der Waals surface area contributed by atoms with E-state index in [1.807, 2.05) is 0 Å². The Bertz CT molecular complexity index is 377. The highest BCUT2D eigenvalue weighted by atomic mass is 35.5. The maximum Gasteiger partial charge on any atom is 0.499 e. The molecular formula is C10H11ClF5NO. The summed E-state index contributed by atoms with van der Waals surface area (Å²) in [6, 6.07) is 4.34. The SMILES string of the molecule is CC(N)c1ccc(OC(F)(F)C(F)(F)F)cc1.Cl. The van der Waals surface area contributed by atoms with Crippen LogP contribution in [0.1, 0.15) is 18.5 Å². The first-order valence-corrected chi connectivity index (χ1v) is 4.62. The van der Waals surface area contributed by atoms with Crippen LogP contribution >= 0.6 is 12.4 Å². The van der Waals surface area contributed by atoms with E-state index in [4.69, 9.17) is 5.73 Å². The van der Waals surface area contributed by atoms with Crippen LogP contribution in [-0.4, -0.2) is 12.3 Å². The quantitative estimate of drug-likeness (QED) is 0.863. The molecule has 0 aromatic heterocycles. The van der Waals surface area contributed by atoms with Gasteiger partial charge in [-0.25, -0.2) is 0 Å². The predicted octanol–water partition coefficient (Wildman–Crippen LogP) is 3.66. The fraction of sp³-hybridized carbons (Fsp3) is 0.400. The molecule has 8 heteroatoms. The lowest BCUT2D eigenvalue weighted by molar-refractivity contribution is -0.360. The van der Waals surface area contributed by atoms with E-state index < -0.39 is 18.0 Å². The van der Waals surface area contributed by atoms with Gasteiger partial charge in [-0.3, -0.25) is 0 Å². The van der Waals surface area contributed by atoms with Crippen LogP contribution in [0.25, 0.3) is 0 Å². The smallest absolute Gasteiger partial charge is 0.426 e. The summed E-state index contributed by atoms with van der Waals surface area (Å²) in [5.41, 5.74) is 6.10. The lowest BCUT2D eigenvalue weighted by Gasteiger charge is -2.20. The van der Waals surface area contributed by atoms with Crippen molar-refractivity contribution < 1.29 is 26.7 Å². The summed E-state index contributed by atoms with van der Waals surface area (Å²) >= 11 is 0. The summed E-state index contributed by atoms with van der Waals surface area (Å²) in [5, 5.41) is 0. The van der Waals surface area contributed by atoms with Crippen molar-refractivity contribution in [2.75, 3.05) is 0 Å². The lowest BCUT2D eigenvalue weighted by Crippen LogP contribution is -2.41. The number of alkyl halides is 5. The predicted molar refractivity (Wildman–Crippen MR) is 57.9 cm³/mol. The van der Waals surface area contributed by atoms with Crippen LogP contribution in [0.5, 0.6) is 5.75 Å². The zero-order chi connectivity index (χ0) is 13.3. The molecule has 0 bridgehead atoms. The molecule has 0 aliphatic heterocycles. The van der Waals surface area contributed by atoms with Crippen molar-refractivity contribution in [1.29, 1.82) is 0 Å². The van der Waals surface area contributed by atoms with E-state index in [2.05, 4.69) is 4.74 Å². The van der Waals surface area contributed by atoms with Crippen LogP contribution in [0, 0.1) is 0 Å². The molecule has 0 spiro atoms. The third-order valence-corrected chi connectivity index (χ3v) is 1.98. The summed E-state index contributed by atoms with van der Waals surface area (Å²) in [5.74, 6) is -0.572. The van der Waals surface area contributed by atoms with E-state index in [0.717, 1.165) is 12.1 Å². The van der Waals surface area contributed by atoms with E-state index in [1.54, 1.807) is 6.92 Å². The minimum atomic E-state index is -5.74. The van der Waals surface area contributed by atoms with Crippen LogP contribution in [0.15, 0.2) is 24.3 Å². The Kier molecular flexibility index (Phi) is 5.36. The molecule has 1 aromatic rings. The average Bonchev–Trinajstić information content (AvgIpc) is 2.16. The summed E-state index contributed by atoms with van der Waals surface area (Å²) in [6.45, 7) is 1.65. The molecule has 1 rings (SSSR count). The van der Waals surface area contributed by atoms with Crippen molar-refractivity contribution >= 4 is 12.4 Å². The second kappa shape index (κ2) is 5.71. The van der Waals surface area contributed by atoms with Crippen LogP contribution < -0.4 is 10.5 Å². The van der Waals surface area contributed by atoms with Crippen molar-refractivity contribution in [2.24, 2.45) is 5.73 Å². The van der Waals surface area contributed by atoms with Gasteiger partial charge in [0.05, 0.1) is 0 Å². The average molecular weight is 292 g/mol. The molecule has 1 aromatic carbocycles. The number of hydrogen-bond donors (Lipinski definition) is 1. The third-order valence-electron chi connectivity index (χ3n) is 1.98. The van der Waals surface area contributed by atoms with Gasteiger partial charge in [0.15, 0.2) is 0 Å². The topological polar surface area (TPSA) is 35.2 Å². The van der Waals surface area contributed by atoms with Crippen LogP contribution in [-0.2, 0) is 0 Å². The molecule has 18 heavy (non-hydrogen) atoms. The van der Waals surface area contributed by atoms with Crippen LogP contribution in [0.3, 0.4) is 0 Å². The van der Waals surface area contributed by atoms with E-state index in [-0.39, 0.29) is 18.4 Å². The normalized spacial score (nSPS) is 13.7. The number of ether oxygens (including phenoxy) is 1. The minimum absolute atomic E-state index is 0. The zero-order valence-corrected chi connectivity index (χ0v) is 9.99. The zero-order valence-electron chi connectivity index (χ0n) is 9.17. The molecule has 0 amide bonds. The largest absolute Gasteiger partial charge is 0.499 e. The maximum atomic E-state index is 12.5. The van der Waals surface area contributed by atoms with Crippen molar-refractivity contribution in [3.8, 4) is 5.75 Å². The van der Waals surface area contributed by atoms with Crippen LogP contribution in [0.2, 0.25) is 0 Å². The number of rotatable bonds is 3. The second-order valence-electron chi connectivity index (χ2n) is 3.47. The fourth-order valence-electron chi connectivity index (χ4n) is 1.05. The van der Waals surface area contributed by atoms with Crippen LogP contribution in [0.4, 0.5) is 22.0 Å². The lowest BCUT2D eigenvalue weighted by atomic mass is 10.1. The maximum absolute atomic E-state index is 12.5. The van der Waals surface area contributed by atoms with Crippen molar-refractivity contribution in [3.63, 3.8) is 0 Å². The highest BCUT2D eigenvalue weighted by molar-refractivity contribution is 5.85. The van der Waals surface area contributed by atoms with Gasteiger partial charge >= 0.3 is 12.3 Å². The number of benzene rings is 1. The highest BCUT2D eigenvalue weighted by Gasteiger charge is 2.61. The Labute approximate surface area is 106 Å². The molecule has 0 radical (unpaired) electrons. The second-order valence-corrected chi connectivity index (χ2v) is 3.47. The van der Waals surface area contributed by atoms with E-state index in [0.29, 0.717) is 5.56 Å². The third kappa shape index (κ3) is 3.99. The summed E-state index contributed by atoms with van der Waals surface area (Å²) in [7, 11) is 0.